The molecular weight excluding hydrogens is 262 g/mol. The number of Topliss-reactive ketones (excluding diaryl/α,β-unsaturated/α-hetero) is 1. The maximum Gasteiger partial charge on any atom is 0.256 e. The van der Waals surface area contributed by atoms with Gasteiger partial charge in [0.1, 0.15) is 0 Å². The van der Waals surface area contributed by atoms with E-state index in [1.807, 2.05) is 48.5 Å². The van der Waals surface area contributed by atoms with Crippen molar-refractivity contribution in [2.75, 3.05) is 0 Å². The van der Waals surface area contributed by atoms with Crippen molar-refractivity contribution in [3.8, 4) is 11.1 Å². The van der Waals surface area contributed by atoms with E-state index in [9.17, 15) is 9.59 Å². The molecule has 3 heteroatoms. The molecule has 2 aromatic carbocycles. The molecule has 0 bridgehead atoms. The van der Waals surface area contributed by atoms with Gasteiger partial charge in [0.2, 0.25) is 0 Å². The minimum atomic E-state index is -0.220. The lowest BCUT2D eigenvalue weighted by Crippen LogP contribution is -2.15. The number of aromatic nitrogens is 1. The van der Waals surface area contributed by atoms with Crippen LogP contribution in [0.4, 0.5) is 0 Å². The summed E-state index contributed by atoms with van der Waals surface area (Å²) < 4.78 is 0. The highest BCUT2D eigenvalue weighted by Crippen LogP contribution is 2.29. The Balaban J connectivity index is 2.46. The zero-order chi connectivity index (χ0) is 14.8. The van der Waals surface area contributed by atoms with Gasteiger partial charge in [-0.2, -0.15) is 0 Å². The Labute approximate surface area is 122 Å². The van der Waals surface area contributed by atoms with Gasteiger partial charge in [0.05, 0.1) is 5.69 Å². The average molecular weight is 277 g/mol. The van der Waals surface area contributed by atoms with Crippen LogP contribution in [0.1, 0.15) is 23.8 Å². The van der Waals surface area contributed by atoms with Crippen LogP contribution in [-0.2, 0) is 0 Å². The maximum atomic E-state index is 12.2. The molecular formula is C18H15NO2. The van der Waals surface area contributed by atoms with Gasteiger partial charge in [0.25, 0.3) is 5.56 Å². The minimum absolute atomic E-state index is 0.0586. The summed E-state index contributed by atoms with van der Waals surface area (Å²) in [5.41, 5.74) is 1.91. The quantitative estimate of drug-likeness (QED) is 0.740. The highest BCUT2D eigenvalue weighted by molar-refractivity contribution is 6.08. The fourth-order valence-corrected chi connectivity index (χ4v) is 2.57. The number of carbonyl (C=O) groups is 1. The van der Waals surface area contributed by atoms with Crippen molar-refractivity contribution in [3.05, 3.63) is 70.6 Å². The summed E-state index contributed by atoms with van der Waals surface area (Å²) in [6.45, 7) is 1.80. The van der Waals surface area contributed by atoms with Crippen molar-refractivity contribution in [1.29, 1.82) is 0 Å². The molecule has 0 aliphatic heterocycles. The molecule has 1 aromatic heterocycles. The highest BCUT2D eigenvalue weighted by atomic mass is 16.1. The average Bonchev–Trinajstić information content (AvgIpc) is 2.55. The van der Waals surface area contributed by atoms with E-state index in [0.717, 1.165) is 16.5 Å². The van der Waals surface area contributed by atoms with E-state index in [0.29, 0.717) is 17.5 Å². The summed E-state index contributed by atoms with van der Waals surface area (Å²) in [4.78, 5) is 27.2. The van der Waals surface area contributed by atoms with Crippen LogP contribution in [0.15, 0.2) is 59.4 Å². The number of nitrogens with one attached hydrogen (secondary N) is 1. The molecule has 0 radical (unpaired) electrons. The van der Waals surface area contributed by atoms with E-state index in [-0.39, 0.29) is 11.3 Å². The Morgan fingerprint density at radius 2 is 1.57 bits per heavy atom. The van der Waals surface area contributed by atoms with Crippen LogP contribution in [0.3, 0.4) is 0 Å². The van der Waals surface area contributed by atoms with Crippen molar-refractivity contribution in [3.63, 3.8) is 0 Å². The third-order valence-corrected chi connectivity index (χ3v) is 3.59. The molecule has 3 rings (SSSR count). The number of ketones is 1. The zero-order valence-electron chi connectivity index (χ0n) is 11.7. The van der Waals surface area contributed by atoms with Crippen LogP contribution in [0, 0.1) is 0 Å². The summed E-state index contributed by atoms with van der Waals surface area (Å²) in [7, 11) is 0. The minimum Gasteiger partial charge on any atom is -0.318 e. The van der Waals surface area contributed by atoms with E-state index in [1.54, 1.807) is 13.0 Å². The van der Waals surface area contributed by atoms with Gasteiger partial charge in [-0.3, -0.25) is 9.59 Å². The van der Waals surface area contributed by atoms with Gasteiger partial charge < -0.3 is 4.98 Å². The standard InChI is InChI=1S/C18H15NO2/c1-2-15(20)17-16(12-8-4-3-5-9-12)13-10-6-7-11-14(13)18(21)19-17/h3-11H,2H2,1H3,(H,19,21). The van der Waals surface area contributed by atoms with Gasteiger partial charge in [-0.05, 0) is 17.0 Å². The molecule has 0 spiro atoms. The van der Waals surface area contributed by atoms with Crippen molar-refractivity contribution >= 4 is 16.6 Å². The molecule has 21 heavy (non-hydrogen) atoms. The Morgan fingerprint density at radius 3 is 2.24 bits per heavy atom. The molecule has 0 aliphatic carbocycles. The number of hydrogen-bond donors (Lipinski definition) is 1. The number of aromatic amines is 1. The molecule has 104 valence electrons. The van der Waals surface area contributed by atoms with Gasteiger partial charge in [0.15, 0.2) is 5.78 Å². The first kappa shape index (κ1) is 13.3. The largest absolute Gasteiger partial charge is 0.318 e. The molecule has 0 unspecified atom stereocenters. The van der Waals surface area contributed by atoms with Crippen molar-refractivity contribution < 1.29 is 4.79 Å². The second-order valence-electron chi connectivity index (χ2n) is 4.89. The Kier molecular flexibility index (Phi) is 3.40. The number of fused-ring (bicyclic) bond motifs is 1. The number of hydrogen-bond acceptors (Lipinski definition) is 2. The van der Waals surface area contributed by atoms with E-state index in [1.165, 1.54) is 0 Å². The topological polar surface area (TPSA) is 49.9 Å². The molecule has 3 aromatic rings. The number of H-pyrrole nitrogens is 1. The van der Waals surface area contributed by atoms with Crippen LogP contribution >= 0.6 is 0 Å². The molecule has 0 amide bonds. The Hall–Kier alpha value is -2.68. The van der Waals surface area contributed by atoms with Crippen LogP contribution in [0.5, 0.6) is 0 Å². The Morgan fingerprint density at radius 1 is 0.952 bits per heavy atom. The molecule has 0 atom stereocenters. The summed E-state index contributed by atoms with van der Waals surface area (Å²) in [5, 5.41) is 1.41. The second-order valence-corrected chi connectivity index (χ2v) is 4.89. The predicted molar refractivity (Wildman–Crippen MR) is 84.6 cm³/mol. The van der Waals surface area contributed by atoms with E-state index < -0.39 is 0 Å². The van der Waals surface area contributed by atoms with Gasteiger partial charge in [0, 0.05) is 17.4 Å². The van der Waals surface area contributed by atoms with Crippen LogP contribution in [0.25, 0.3) is 21.9 Å². The fraction of sp³-hybridized carbons (Fsp3) is 0.111. The van der Waals surface area contributed by atoms with Gasteiger partial charge in [-0.15, -0.1) is 0 Å². The van der Waals surface area contributed by atoms with Crippen LogP contribution in [0.2, 0.25) is 0 Å². The lowest BCUT2D eigenvalue weighted by Gasteiger charge is -2.12. The smallest absolute Gasteiger partial charge is 0.256 e. The molecule has 1 N–H and O–H groups in total. The summed E-state index contributed by atoms with van der Waals surface area (Å²) in [5.74, 6) is -0.0586. The molecule has 0 saturated heterocycles. The number of carbonyl (C=O) groups excluding carboxylic acids is 1. The molecule has 0 fully saturated rings. The first-order chi connectivity index (χ1) is 10.2. The van der Waals surface area contributed by atoms with Gasteiger partial charge >= 0.3 is 0 Å². The summed E-state index contributed by atoms with van der Waals surface area (Å²) in [6.07, 6.45) is 0.355. The molecule has 0 saturated carbocycles. The highest BCUT2D eigenvalue weighted by Gasteiger charge is 2.17. The lowest BCUT2D eigenvalue weighted by molar-refractivity contribution is 0.0984. The van der Waals surface area contributed by atoms with Gasteiger partial charge in [-0.25, -0.2) is 0 Å². The number of rotatable bonds is 3. The van der Waals surface area contributed by atoms with Crippen molar-refractivity contribution in [2.45, 2.75) is 13.3 Å². The van der Waals surface area contributed by atoms with E-state index in [2.05, 4.69) is 4.98 Å². The third-order valence-electron chi connectivity index (χ3n) is 3.59. The molecule has 3 nitrogen and oxygen atoms in total. The normalized spacial score (nSPS) is 10.7. The predicted octanol–water partition coefficient (Wildman–Crippen LogP) is 3.79. The molecule has 1 heterocycles. The van der Waals surface area contributed by atoms with Gasteiger partial charge in [-0.1, -0.05) is 55.5 Å². The molecule has 0 aliphatic rings. The Bertz CT molecular complexity index is 863. The second kappa shape index (κ2) is 5.37. The van der Waals surface area contributed by atoms with Crippen LogP contribution in [-0.4, -0.2) is 10.8 Å². The SMILES string of the molecule is CCC(=O)c1[nH]c(=O)c2ccccc2c1-c1ccccc1. The first-order valence-corrected chi connectivity index (χ1v) is 6.96. The van der Waals surface area contributed by atoms with Crippen LogP contribution < -0.4 is 5.56 Å². The third kappa shape index (κ3) is 2.27. The van der Waals surface area contributed by atoms with Crippen molar-refractivity contribution in [2.24, 2.45) is 0 Å². The lowest BCUT2D eigenvalue weighted by atomic mass is 9.95. The monoisotopic (exact) mass is 277 g/mol. The summed E-state index contributed by atoms with van der Waals surface area (Å²) in [6, 6.07) is 17.1. The zero-order valence-corrected chi connectivity index (χ0v) is 11.7. The summed E-state index contributed by atoms with van der Waals surface area (Å²) >= 11 is 0. The van der Waals surface area contributed by atoms with E-state index in [4.69, 9.17) is 0 Å². The first-order valence-electron chi connectivity index (χ1n) is 6.96. The number of benzene rings is 2. The number of pyridine rings is 1. The fourth-order valence-electron chi connectivity index (χ4n) is 2.57. The van der Waals surface area contributed by atoms with E-state index >= 15 is 0 Å². The maximum absolute atomic E-state index is 12.2. The van der Waals surface area contributed by atoms with Crippen molar-refractivity contribution in [1.82, 2.24) is 4.98 Å².